The Morgan fingerprint density at radius 1 is 1.41 bits per heavy atom. The number of rotatable bonds is 5. The van der Waals surface area contributed by atoms with Gasteiger partial charge in [-0.25, -0.2) is 4.39 Å². The standard InChI is InChI=1S/C13H20FN3/c1-9(13(15)16)8-17(3)10(2)11-6-4-5-7-12(11)14/h4-7,9-10H,8H2,1-3H3,(H3,15,16). The Bertz CT molecular complexity index is 392. The third-order valence-corrected chi connectivity index (χ3v) is 3.11. The lowest BCUT2D eigenvalue weighted by Gasteiger charge is -2.27. The summed E-state index contributed by atoms with van der Waals surface area (Å²) in [5, 5.41) is 7.36. The molecule has 1 aromatic rings. The average molecular weight is 237 g/mol. The smallest absolute Gasteiger partial charge is 0.127 e. The van der Waals surface area contributed by atoms with Crippen LogP contribution in [0.1, 0.15) is 25.5 Å². The summed E-state index contributed by atoms with van der Waals surface area (Å²) in [6.07, 6.45) is 0. The first-order valence-corrected chi connectivity index (χ1v) is 5.72. The van der Waals surface area contributed by atoms with Gasteiger partial charge in [-0.1, -0.05) is 25.1 Å². The average Bonchev–Trinajstić information content (AvgIpc) is 2.28. The van der Waals surface area contributed by atoms with Crippen molar-refractivity contribution in [1.82, 2.24) is 4.90 Å². The molecule has 0 amide bonds. The Labute approximate surface area is 102 Å². The highest BCUT2D eigenvalue weighted by Gasteiger charge is 2.17. The van der Waals surface area contributed by atoms with Crippen molar-refractivity contribution in [2.24, 2.45) is 11.7 Å². The summed E-state index contributed by atoms with van der Waals surface area (Å²) in [7, 11) is 1.91. The summed E-state index contributed by atoms with van der Waals surface area (Å²) >= 11 is 0. The van der Waals surface area contributed by atoms with E-state index in [9.17, 15) is 4.39 Å². The van der Waals surface area contributed by atoms with Gasteiger partial charge in [-0.05, 0) is 20.0 Å². The van der Waals surface area contributed by atoms with Gasteiger partial charge in [0.05, 0.1) is 5.84 Å². The molecule has 0 heterocycles. The first-order chi connectivity index (χ1) is 7.93. The molecule has 0 aliphatic rings. The molecule has 0 radical (unpaired) electrons. The van der Waals surface area contributed by atoms with Crippen LogP contribution in [0.4, 0.5) is 4.39 Å². The number of benzene rings is 1. The molecule has 0 saturated carbocycles. The minimum Gasteiger partial charge on any atom is -0.387 e. The lowest BCUT2D eigenvalue weighted by atomic mass is 10.0. The monoisotopic (exact) mass is 237 g/mol. The van der Waals surface area contributed by atoms with E-state index in [4.69, 9.17) is 11.1 Å². The fourth-order valence-corrected chi connectivity index (χ4v) is 1.74. The van der Waals surface area contributed by atoms with E-state index in [1.807, 2.05) is 31.9 Å². The van der Waals surface area contributed by atoms with Crippen LogP contribution in [0.25, 0.3) is 0 Å². The summed E-state index contributed by atoms with van der Waals surface area (Å²) < 4.78 is 13.6. The summed E-state index contributed by atoms with van der Waals surface area (Å²) in [6, 6.07) is 6.74. The number of nitrogens with two attached hydrogens (primary N) is 1. The van der Waals surface area contributed by atoms with E-state index in [1.54, 1.807) is 12.1 Å². The van der Waals surface area contributed by atoms with Crippen LogP contribution in [0.15, 0.2) is 24.3 Å². The van der Waals surface area contributed by atoms with Crippen molar-refractivity contribution >= 4 is 5.84 Å². The molecule has 2 atom stereocenters. The van der Waals surface area contributed by atoms with Gasteiger partial charge in [-0.3, -0.25) is 10.3 Å². The van der Waals surface area contributed by atoms with Gasteiger partial charge in [0.1, 0.15) is 5.82 Å². The van der Waals surface area contributed by atoms with Gasteiger partial charge in [0.2, 0.25) is 0 Å². The molecule has 1 aromatic carbocycles. The van der Waals surface area contributed by atoms with Crippen molar-refractivity contribution < 1.29 is 4.39 Å². The zero-order chi connectivity index (χ0) is 13.0. The van der Waals surface area contributed by atoms with E-state index in [1.165, 1.54) is 6.07 Å². The fraction of sp³-hybridized carbons (Fsp3) is 0.462. The van der Waals surface area contributed by atoms with Gasteiger partial charge >= 0.3 is 0 Å². The molecule has 17 heavy (non-hydrogen) atoms. The third kappa shape index (κ3) is 3.53. The first kappa shape index (κ1) is 13.6. The quantitative estimate of drug-likeness (QED) is 0.610. The number of hydrogen-bond donors (Lipinski definition) is 2. The molecule has 4 heteroatoms. The molecule has 3 nitrogen and oxygen atoms in total. The number of halogens is 1. The van der Waals surface area contributed by atoms with Crippen molar-refractivity contribution in [3.05, 3.63) is 35.6 Å². The van der Waals surface area contributed by atoms with Crippen LogP contribution < -0.4 is 5.73 Å². The Morgan fingerprint density at radius 3 is 2.53 bits per heavy atom. The van der Waals surface area contributed by atoms with Gasteiger partial charge in [0, 0.05) is 24.1 Å². The maximum atomic E-state index is 13.6. The predicted octanol–water partition coefficient (Wildman–Crippen LogP) is 2.39. The highest BCUT2D eigenvalue weighted by atomic mass is 19.1. The Kier molecular flexibility index (Phi) is 4.63. The Hall–Kier alpha value is -1.42. The van der Waals surface area contributed by atoms with Gasteiger partial charge < -0.3 is 5.73 Å². The molecule has 1 rings (SSSR count). The van der Waals surface area contributed by atoms with E-state index < -0.39 is 0 Å². The van der Waals surface area contributed by atoms with E-state index >= 15 is 0 Å². The third-order valence-electron chi connectivity index (χ3n) is 3.11. The molecule has 3 N–H and O–H groups in total. The molecule has 0 aliphatic heterocycles. The van der Waals surface area contributed by atoms with E-state index in [0.717, 1.165) is 0 Å². The minimum atomic E-state index is -0.192. The van der Waals surface area contributed by atoms with E-state index in [-0.39, 0.29) is 23.6 Å². The second-order valence-corrected chi connectivity index (χ2v) is 4.49. The van der Waals surface area contributed by atoms with Crippen molar-refractivity contribution in [1.29, 1.82) is 5.41 Å². The highest BCUT2D eigenvalue weighted by molar-refractivity contribution is 5.79. The van der Waals surface area contributed by atoms with Gasteiger partial charge in [-0.15, -0.1) is 0 Å². The normalized spacial score (nSPS) is 14.6. The molecular weight excluding hydrogens is 217 g/mol. The zero-order valence-electron chi connectivity index (χ0n) is 10.6. The van der Waals surface area contributed by atoms with E-state index in [0.29, 0.717) is 12.1 Å². The molecule has 94 valence electrons. The summed E-state index contributed by atoms with van der Waals surface area (Å²) in [5.41, 5.74) is 6.11. The molecular formula is C13H20FN3. The number of hydrogen-bond acceptors (Lipinski definition) is 2. The molecule has 2 unspecified atom stereocenters. The molecule has 0 fully saturated rings. The van der Waals surface area contributed by atoms with Gasteiger partial charge in [-0.2, -0.15) is 0 Å². The maximum Gasteiger partial charge on any atom is 0.127 e. The molecule has 0 spiro atoms. The second kappa shape index (κ2) is 5.77. The minimum absolute atomic E-state index is 0.0192. The second-order valence-electron chi connectivity index (χ2n) is 4.49. The molecule has 0 aliphatic carbocycles. The Morgan fingerprint density at radius 2 is 2.00 bits per heavy atom. The van der Waals surface area contributed by atoms with Crippen LogP contribution in [0.2, 0.25) is 0 Å². The van der Waals surface area contributed by atoms with E-state index in [2.05, 4.69) is 0 Å². The van der Waals surface area contributed by atoms with Crippen molar-refractivity contribution in [3.63, 3.8) is 0 Å². The van der Waals surface area contributed by atoms with Crippen LogP contribution in [0.5, 0.6) is 0 Å². The Balaban J connectivity index is 2.73. The summed E-state index contributed by atoms with van der Waals surface area (Å²) in [5.74, 6) is -0.0471. The van der Waals surface area contributed by atoms with Gasteiger partial charge in [0.15, 0.2) is 0 Å². The lowest BCUT2D eigenvalue weighted by Crippen LogP contribution is -2.33. The molecule has 0 bridgehead atoms. The van der Waals surface area contributed by atoms with Crippen molar-refractivity contribution in [2.45, 2.75) is 19.9 Å². The number of amidine groups is 1. The predicted molar refractivity (Wildman–Crippen MR) is 68.5 cm³/mol. The summed E-state index contributed by atoms with van der Waals surface area (Å²) in [6.45, 7) is 4.49. The fourth-order valence-electron chi connectivity index (χ4n) is 1.74. The van der Waals surface area contributed by atoms with Crippen LogP contribution in [-0.4, -0.2) is 24.3 Å². The SMILES string of the molecule is CC(CN(C)C(C)c1ccccc1F)C(=N)N. The number of nitrogens with zero attached hydrogens (tertiary/aromatic N) is 1. The van der Waals surface area contributed by atoms with Crippen LogP contribution in [0.3, 0.4) is 0 Å². The van der Waals surface area contributed by atoms with Crippen LogP contribution in [-0.2, 0) is 0 Å². The topological polar surface area (TPSA) is 53.1 Å². The van der Waals surface area contributed by atoms with Crippen LogP contribution >= 0.6 is 0 Å². The van der Waals surface area contributed by atoms with Gasteiger partial charge in [0.25, 0.3) is 0 Å². The molecule has 0 aromatic heterocycles. The van der Waals surface area contributed by atoms with Crippen molar-refractivity contribution in [3.8, 4) is 0 Å². The van der Waals surface area contributed by atoms with Crippen molar-refractivity contribution in [2.75, 3.05) is 13.6 Å². The summed E-state index contributed by atoms with van der Waals surface area (Å²) in [4.78, 5) is 2.00. The number of nitrogens with one attached hydrogen (secondary N) is 1. The lowest BCUT2D eigenvalue weighted by molar-refractivity contribution is 0.241. The highest BCUT2D eigenvalue weighted by Crippen LogP contribution is 2.22. The zero-order valence-corrected chi connectivity index (χ0v) is 10.6. The molecule has 0 saturated heterocycles. The first-order valence-electron chi connectivity index (χ1n) is 5.72. The van der Waals surface area contributed by atoms with Crippen LogP contribution in [0, 0.1) is 17.1 Å². The largest absolute Gasteiger partial charge is 0.387 e. The maximum absolute atomic E-state index is 13.6.